The number of aliphatic hydroxyl groups is 2. The second-order valence-electron chi connectivity index (χ2n) is 6.03. The first-order valence-electron chi connectivity index (χ1n) is 7.30. The van der Waals surface area contributed by atoms with Gasteiger partial charge in [0.05, 0.1) is 13.2 Å². The van der Waals surface area contributed by atoms with E-state index in [9.17, 15) is 10.2 Å². The van der Waals surface area contributed by atoms with E-state index in [2.05, 4.69) is 0 Å². The molecular weight excluding hydrogens is 270 g/mol. The zero-order chi connectivity index (χ0) is 15.0. The third kappa shape index (κ3) is 2.71. The van der Waals surface area contributed by atoms with Crippen molar-refractivity contribution < 1.29 is 20.1 Å². The fourth-order valence-electron chi connectivity index (χ4n) is 3.73. The summed E-state index contributed by atoms with van der Waals surface area (Å²) in [5.41, 5.74) is 7.17. The Balaban J connectivity index is 1.99. The minimum absolute atomic E-state index is 0.0142. The third-order valence-electron chi connectivity index (χ3n) is 4.53. The van der Waals surface area contributed by atoms with Crippen LogP contribution in [-0.4, -0.2) is 34.6 Å². The number of hydrogen-bond acceptors (Lipinski definition) is 5. The molecular formula is C16H21NO4. The molecule has 4 atom stereocenters. The maximum atomic E-state index is 9.68. The van der Waals surface area contributed by atoms with E-state index >= 15 is 0 Å². The summed E-state index contributed by atoms with van der Waals surface area (Å²) in [6, 6.07) is 5.24. The smallest absolute Gasteiger partial charge is 0.126 e. The van der Waals surface area contributed by atoms with Crippen LogP contribution < -0.4 is 10.5 Å². The fraction of sp³-hybridized carbons (Fsp3) is 0.500. The van der Waals surface area contributed by atoms with Crippen molar-refractivity contribution >= 4 is 0 Å². The first kappa shape index (κ1) is 14.2. The molecule has 0 saturated heterocycles. The molecule has 1 saturated carbocycles. The van der Waals surface area contributed by atoms with E-state index in [4.69, 9.17) is 15.6 Å². The standard InChI is InChI=1S/C16H21NO4/c17-11-3-9(5-13(20)7-18)16-10(4-11)8-21-15-6-12(19)1-2-14(15)16/h1-2,5-6,9-11,16,18-20H,3-4,7-8,17H2/b13-5+/t9?,10?,11?,16-/m0/s1. The highest BCUT2D eigenvalue weighted by Crippen LogP contribution is 2.49. The summed E-state index contributed by atoms with van der Waals surface area (Å²) in [6.07, 6.45) is 3.37. The van der Waals surface area contributed by atoms with E-state index in [1.165, 1.54) is 0 Å². The van der Waals surface area contributed by atoms with Crippen LogP contribution in [0.2, 0.25) is 0 Å². The van der Waals surface area contributed by atoms with Gasteiger partial charge < -0.3 is 25.8 Å². The molecule has 114 valence electrons. The highest BCUT2D eigenvalue weighted by atomic mass is 16.5. The number of hydrogen-bond donors (Lipinski definition) is 4. The number of allylic oxidation sites excluding steroid dienone is 1. The van der Waals surface area contributed by atoms with Crippen LogP contribution in [-0.2, 0) is 0 Å². The molecule has 0 amide bonds. The molecule has 3 unspecified atom stereocenters. The van der Waals surface area contributed by atoms with Crippen molar-refractivity contribution in [3.63, 3.8) is 0 Å². The lowest BCUT2D eigenvalue weighted by Crippen LogP contribution is -2.42. The van der Waals surface area contributed by atoms with Gasteiger partial charge >= 0.3 is 0 Å². The number of phenols is 1. The molecule has 0 spiro atoms. The van der Waals surface area contributed by atoms with Crippen molar-refractivity contribution in [2.75, 3.05) is 13.2 Å². The topological polar surface area (TPSA) is 95.9 Å². The summed E-state index contributed by atoms with van der Waals surface area (Å²) in [5, 5.41) is 28.3. The maximum Gasteiger partial charge on any atom is 0.126 e. The van der Waals surface area contributed by atoms with Crippen LogP contribution in [0.1, 0.15) is 24.3 Å². The Morgan fingerprint density at radius 2 is 2.19 bits per heavy atom. The first-order chi connectivity index (χ1) is 10.1. The van der Waals surface area contributed by atoms with Crippen molar-refractivity contribution in [2.45, 2.75) is 24.8 Å². The van der Waals surface area contributed by atoms with E-state index in [0.717, 1.165) is 18.4 Å². The predicted molar refractivity (Wildman–Crippen MR) is 78.3 cm³/mol. The molecule has 1 heterocycles. The molecule has 1 aliphatic carbocycles. The molecule has 2 aliphatic rings. The highest BCUT2D eigenvalue weighted by Gasteiger charge is 2.41. The fourth-order valence-corrected chi connectivity index (χ4v) is 3.73. The second-order valence-corrected chi connectivity index (χ2v) is 6.03. The van der Waals surface area contributed by atoms with Crippen molar-refractivity contribution in [2.24, 2.45) is 17.6 Å². The van der Waals surface area contributed by atoms with Gasteiger partial charge in [-0.1, -0.05) is 6.07 Å². The van der Waals surface area contributed by atoms with Crippen LogP contribution in [0.4, 0.5) is 0 Å². The molecule has 5 N–H and O–H groups in total. The molecule has 0 aromatic heterocycles. The average Bonchev–Trinajstić information content (AvgIpc) is 2.46. The van der Waals surface area contributed by atoms with Crippen LogP contribution in [0.25, 0.3) is 0 Å². The summed E-state index contributed by atoms with van der Waals surface area (Å²) in [6.45, 7) is 0.209. The van der Waals surface area contributed by atoms with Crippen LogP contribution in [0.3, 0.4) is 0 Å². The van der Waals surface area contributed by atoms with Crippen molar-refractivity contribution in [3.8, 4) is 11.5 Å². The summed E-state index contributed by atoms with van der Waals surface area (Å²) in [5.74, 6) is 1.43. The SMILES string of the molecule is NC1CC(/C=C(/O)CO)[C@@H]2c3ccc(O)cc3OCC2C1. The zero-order valence-electron chi connectivity index (χ0n) is 11.8. The van der Waals surface area contributed by atoms with Crippen molar-refractivity contribution in [3.05, 3.63) is 35.6 Å². The van der Waals surface area contributed by atoms with Gasteiger partial charge in [-0.15, -0.1) is 0 Å². The lowest BCUT2D eigenvalue weighted by Gasteiger charge is -2.43. The van der Waals surface area contributed by atoms with Crippen LogP contribution in [0, 0.1) is 11.8 Å². The Kier molecular flexibility index (Phi) is 3.78. The summed E-state index contributed by atoms with van der Waals surface area (Å²) in [4.78, 5) is 0. The van der Waals surface area contributed by atoms with Gasteiger partial charge in [-0.2, -0.15) is 0 Å². The molecule has 1 aliphatic heterocycles. The Morgan fingerprint density at radius 3 is 2.95 bits per heavy atom. The second kappa shape index (κ2) is 5.58. The van der Waals surface area contributed by atoms with E-state index in [1.54, 1.807) is 18.2 Å². The molecule has 3 rings (SSSR count). The Morgan fingerprint density at radius 1 is 1.38 bits per heavy atom. The third-order valence-corrected chi connectivity index (χ3v) is 4.53. The minimum atomic E-state index is -0.359. The lowest BCUT2D eigenvalue weighted by atomic mass is 9.66. The van der Waals surface area contributed by atoms with E-state index in [-0.39, 0.29) is 36.0 Å². The molecule has 5 heteroatoms. The van der Waals surface area contributed by atoms with Gasteiger partial charge in [-0.05, 0) is 36.5 Å². The number of nitrogens with two attached hydrogens (primary N) is 1. The van der Waals surface area contributed by atoms with Crippen LogP contribution in [0.5, 0.6) is 11.5 Å². The van der Waals surface area contributed by atoms with Gasteiger partial charge in [0.2, 0.25) is 0 Å². The van der Waals surface area contributed by atoms with E-state index in [0.29, 0.717) is 18.3 Å². The zero-order valence-corrected chi connectivity index (χ0v) is 11.8. The largest absolute Gasteiger partial charge is 0.510 e. The summed E-state index contributed by atoms with van der Waals surface area (Å²) < 4.78 is 5.75. The highest BCUT2D eigenvalue weighted by molar-refractivity contribution is 5.45. The van der Waals surface area contributed by atoms with E-state index < -0.39 is 0 Å². The van der Waals surface area contributed by atoms with E-state index in [1.807, 2.05) is 6.07 Å². The molecule has 5 nitrogen and oxygen atoms in total. The van der Waals surface area contributed by atoms with Gasteiger partial charge in [0.15, 0.2) is 0 Å². The number of aliphatic hydroxyl groups excluding tert-OH is 2. The van der Waals surface area contributed by atoms with Gasteiger partial charge in [-0.25, -0.2) is 0 Å². The average molecular weight is 291 g/mol. The molecule has 0 radical (unpaired) electrons. The van der Waals surface area contributed by atoms with Gasteiger partial charge in [0.1, 0.15) is 17.3 Å². The van der Waals surface area contributed by atoms with Crippen molar-refractivity contribution in [1.82, 2.24) is 0 Å². The number of phenolic OH excluding ortho intramolecular Hbond substituents is 1. The normalized spacial score (nSPS) is 32.0. The van der Waals surface area contributed by atoms with Gasteiger partial charge in [-0.3, -0.25) is 0 Å². The molecule has 0 bridgehead atoms. The first-order valence-corrected chi connectivity index (χ1v) is 7.30. The Hall–Kier alpha value is -1.72. The number of benzene rings is 1. The Bertz CT molecular complexity index is 557. The van der Waals surface area contributed by atoms with Crippen molar-refractivity contribution in [1.29, 1.82) is 0 Å². The number of rotatable bonds is 2. The summed E-state index contributed by atoms with van der Waals surface area (Å²) >= 11 is 0. The predicted octanol–water partition coefficient (Wildman–Crippen LogP) is 1.66. The van der Waals surface area contributed by atoms with Crippen LogP contribution in [0.15, 0.2) is 30.0 Å². The molecule has 21 heavy (non-hydrogen) atoms. The monoisotopic (exact) mass is 291 g/mol. The molecule has 1 fully saturated rings. The quantitative estimate of drug-likeness (QED) is 0.621. The van der Waals surface area contributed by atoms with Gasteiger partial charge in [0.25, 0.3) is 0 Å². The number of fused-ring (bicyclic) bond motifs is 3. The molecule has 1 aromatic rings. The maximum absolute atomic E-state index is 9.68. The lowest BCUT2D eigenvalue weighted by molar-refractivity contribution is 0.122. The van der Waals surface area contributed by atoms with Crippen LogP contribution >= 0.6 is 0 Å². The number of aromatic hydroxyl groups is 1. The number of ether oxygens (including phenoxy) is 1. The molecule has 1 aromatic carbocycles. The van der Waals surface area contributed by atoms with Gasteiger partial charge in [0, 0.05) is 23.9 Å². The summed E-state index contributed by atoms with van der Waals surface area (Å²) in [7, 11) is 0. The minimum Gasteiger partial charge on any atom is -0.510 e. The Labute approximate surface area is 123 Å².